The van der Waals surface area contributed by atoms with Crippen molar-refractivity contribution in [3.8, 4) is 0 Å². The normalized spacial score (nSPS) is 28.8. The molecule has 14 heavy (non-hydrogen) atoms. The molecular formula is C11H21NO2. The zero-order valence-electron chi connectivity index (χ0n) is 9.12. The van der Waals surface area contributed by atoms with Crippen LogP contribution in [0.5, 0.6) is 0 Å². The van der Waals surface area contributed by atoms with Gasteiger partial charge in [-0.25, -0.2) is 0 Å². The van der Waals surface area contributed by atoms with Gasteiger partial charge in [-0.05, 0) is 32.1 Å². The van der Waals surface area contributed by atoms with Crippen LogP contribution in [0.3, 0.4) is 0 Å². The average molecular weight is 199 g/mol. The van der Waals surface area contributed by atoms with Crippen LogP contribution in [0.1, 0.15) is 46.0 Å². The Hall–Kier alpha value is -0.570. The van der Waals surface area contributed by atoms with E-state index in [1.54, 1.807) is 6.92 Å². The van der Waals surface area contributed by atoms with Crippen LogP contribution in [-0.2, 0) is 4.79 Å². The standard InChI is InChI=1S/C11H21NO2/c1-8-4-3-5-10(8)12-11(14)7-6-9(2)13/h8-10,13H,3-7H2,1-2H3,(H,12,14). The first-order valence-corrected chi connectivity index (χ1v) is 5.57. The summed E-state index contributed by atoms with van der Waals surface area (Å²) in [6.07, 6.45) is 4.20. The van der Waals surface area contributed by atoms with Gasteiger partial charge in [-0.15, -0.1) is 0 Å². The van der Waals surface area contributed by atoms with Gasteiger partial charge < -0.3 is 10.4 Å². The molecule has 0 saturated heterocycles. The van der Waals surface area contributed by atoms with E-state index in [1.165, 1.54) is 12.8 Å². The Morgan fingerprint density at radius 2 is 2.29 bits per heavy atom. The van der Waals surface area contributed by atoms with Crippen molar-refractivity contribution in [2.45, 2.75) is 58.1 Å². The molecule has 3 atom stereocenters. The molecular weight excluding hydrogens is 178 g/mol. The molecule has 1 aliphatic carbocycles. The van der Waals surface area contributed by atoms with Crippen molar-refractivity contribution in [2.75, 3.05) is 0 Å². The summed E-state index contributed by atoms with van der Waals surface area (Å²) in [6.45, 7) is 3.90. The predicted molar refractivity (Wildman–Crippen MR) is 55.9 cm³/mol. The zero-order valence-corrected chi connectivity index (χ0v) is 9.12. The Balaban J connectivity index is 2.19. The minimum absolute atomic E-state index is 0.0876. The fourth-order valence-electron chi connectivity index (χ4n) is 1.98. The van der Waals surface area contributed by atoms with Gasteiger partial charge in [-0.1, -0.05) is 13.3 Å². The number of carbonyl (C=O) groups excluding carboxylic acids is 1. The summed E-state index contributed by atoms with van der Waals surface area (Å²) in [5.41, 5.74) is 0. The molecule has 3 heteroatoms. The Bertz CT molecular complexity index is 192. The molecule has 3 nitrogen and oxygen atoms in total. The van der Waals surface area contributed by atoms with Crippen LogP contribution in [0.2, 0.25) is 0 Å². The van der Waals surface area contributed by atoms with Gasteiger partial charge in [0.25, 0.3) is 0 Å². The summed E-state index contributed by atoms with van der Waals surface area (Å²) >= 11 is 0. The van der Waals surface area contributed by atoms with E-state index in [4.69, 9.17) is 5.11 Å². The molecule has 2 N–H and O–H groups in total. The summed E-state index contributed by atoms with van der Waals surface area (Å²) in [4.78, 5) is 11.4. The first kappa shape index (κ1) is 11.5. The molecule has 82 valence electrons. The van der Waals surface area contributed by atoms with Crippen molar-refractivity contribution < 1.29 is 9.90 Å². The van der Waals surface area contributed by atoms with Crippen molar-refractivity contribution in [1.82, 2.24) is 5.32 Å². The van der Waals surface area contributed by atoms with Gasteiger partial charge in [0, 0.05) is 12.5 Å². The molecule has 0 bridgehead atoms. The van der Waals surface area contributed by atoms with Gasteiger partial charge >= 0.3 is 0 Å². The fourth-order valence-corrected chi connectivity index (χ4v) is 1.98. The highest BCUT2D eigenvalue weighted by Gasteiger charge is 2.24. The maximum atomic E-state index is 11.4. The third kappa shape index (κ3) is 3.66. The molecule has 1 rings (SSSR count). The van der Waals surface area contributed by atoms with Gasteiger partial charge in [-0.2, -0.15) is 0 Å². The van der Waals surface area contributed by atoms with Crippen molar-refractivity contribution in [3.05, 3.63) is 0 Å². The predicted octanol–water partition coefficient (Wildman–Crippen LogP) is 1.45. The molecule has 1 fully saturated rings. The first-order chi connectivity index (χ1) is 6.59. The van der Waals surface area contributed by atoms with Gasteiger partial charge in [0.05, 0.1) is 6.10 Å². The lowest BCUT2D eigenvalue weighted by Crippen LogP contribution is -2.36. The van der Waals surface area contributed by atoms with Crippen LogP contribution < -0.4 is 5.32 Å². The summed E-state index contributed by atoms with van der Waals surface area (Å²) in [5, 5.41) is 12.1. The third-order valence-corrected chi connectivity index (χ3v) is 3.00. The van der Waals surface area contributed by atoms with Crippen LogP contribution >= 0.6 is 0 Å². The van der Waals surface area contributed by atoms with Gasteiger partial charge in [0.1, 0.15) is 0 Å². The van der Waals surface area contributed by atoms with Crippen LogP contribution in [0.25, 0.3) is 0 Å². The van der Waals surface area contributed by atoms with E-state index in [0.717, 1.165) is 6.42 Å². The van der Waals surface area contributed by atoms with Crippen molar-refractivity contribution in [2.24, 2.45) is 5.92 Å². The number of rotatable bonds is 4. The van der Waals surface area contributed by atoms with E-state index in [-0.39, 0.29) is 12.0 Å². The Labute approximate surface area is 85.9 Å². The van der Waals surface area contributed by atoms with Crippen LogP contribution in [0, 0.1) is 5.92 Å². The molecule has 0 radical (unpaired) electrons. The highest BCUT2D eigenvalue weighted by atomic mass is 16.3. The second-order valence-electron chi connectivity index (χ2n) is 4.47. The maximum absolute atomic E-state index is 11.4. The minimum Gasteiger partial charge on any atom is -0.393 e. The van der Waals surface area contributed by atoms with Gasteiger partial charge in [-0.3, -0.25) is 4.79 Å². The molecule has 0 heterocycles. The summed E-state index contributed by atoms with van der Waals surface area (Å²) < 4.78 is 0. The lowest BCUT2D eigenvalue weighted by Gasteiger charge is -2.17. The zero-order chi connectivity index (χ0) is 10.6. The highest BCUT2D eigenvalue weighted by Crippen LogP contribution is 2.24. The number of hydrogen-bond acceptors (Lipinski definition) is 2. The number of amides is 1. The topological polar surface area (TPSA) is 49.3 Å². The quantitative estimate of drug-likeness (QED) is 0.720. The maximum Gasteiger partial charge on any atom is 0.220 e. The number of aliphatic hydroxyl groups excluding tert-OH is 1. The van der Waals surface area contributed by atoms with E-state index in [9.17, 15) is 4.79 Å². The summed E-state index contributed by atoms with van der Waals surface area (Å²) in [6, 6.07) is 0.372. The molecule has 0 aromatic rings. The van der Waals surface area contributed by atoms with Crippen LogP contribution in [0.15, 0.2) is 0 Å². The van der Waals surface area contributed by atoms with Crippen molar-refractivity contribution in [3.63, 3.8) is 0 Å². The first-order valence-electron chi connectivity index (χ1n) is 5.57. The average Bonchev–Trinajstić information content (AvgIpc) is 2.49. The summed E-state index contributed by atoms with van der Waals surface area (Å²) in [7, 11) is 0. The number of carbonyl (C=O) groups is 1. The second-order valence-corrected chi connectivity index (χ2v) is 4.47. The van der Waals surface area contributed by atoms with Crippen LogP contribution in [-0.4, -0.2) is 23.2 Å². The smallest absolute Gasteiger partial charge is 0.220 e. The number of hydrogen-bond donors (Lipinski definition) is 2. The fraction of sp³-hybridized carbons (Fsp3) is 0.909. The molecule has 0 aliphatic heterocycles. The largest absolute Gasteiger partial charge is 0.393 e. The lowest BCUT2D eigenvalue weighted by atomic mass is 10.1. The van der Waals surface area contributed by atoms with E-state index in [0.29, 0.717) is 24.8 Å². The second kappa shape index (κ2) is 5.35. The summed E-state index contributed by atoms with van der Waals surface area (Å²) in [5.74, 6) is 0.704. The Morgan fingerprint density at radius 1 is 1.57 bits per heavy atom. The van der Waals surface area contributed by atoms with E-state index in [1.807, 2.05) is 0 Å². The lowest BCUT2D eigenvalue weighted by molar-refractivity contribution is -0.122. The van der Waals surface area contributed by atoms with E-state index >= 15 is 0 Å². The molecule has 3 unspecified atom stereocenters. The third-order valence-electron chi connectivity index (χ3n) is 3.00. The number of nitrogens with one attached hydrogen (secondary N) is 1. The molecule has 1 saturated carbocycles. The Morgan fingerprint density at radius 3 is 2.79 bits per heavy atom. The Kier molecular flexibility index (Phi) is 4.39. The monoisotopic (exact) mass is 199 g/mol. The molecule has 1 aliphatic rings. The van der Waals surface area contributed by atoms with E-state index in [2.05, 4.69) is 12.2 Å². The number of aliphatic hydroxyl groups is 1. The molecule has 1 amide bonds. The van der Waals surface area contributed by atoms with E-state index < -0.39 is 0 Å². The van der Waals surface area contributed by atoms with Crippen molar-refractivity contribution >= 4 is 5.91 Å². The SMILES string of the molecule is CC(O)CCC(=O)NC1CCCC1C. The van der Waals surface area contributed by atoms with Gasteiger partial charge in [0.2, 0.25) is 5.91 Å². The van der Waals surface area contributed by atoms with Crippen LogP contribution in [0.4, 0.5) is 0 Å². The van der Waals surface area contributed by atoms with Gasteiger partial charge in [0.15, 0.2) is 0 Å². The van der Waals surface area contributed by atoms with Crippen molar-refractivity contribution in [1.29, 1.82) is 0 Å². The minimum atomic E-state index is -0.373. The molecule has 0 aromatic carbocycles. The highest BCUT2D eigenvalue weighted by molar-refractivity contribution is 5.76. The molecule has 0 aromatic heterocycles. The molecule has 0 spiro atoms.